The topological polar surface area (TPSA) is 75.7 Å². The van der Waals surface area contributed by atoms with E-state index in [2.05, 4.69) is 4.72 Å². The Morgan fingerprint density at radius 2 is 1.78 bits per heavy atom. The number of nitrogens with one attached hydrogen (secondary N) is 1. The Bertz CT molecular complexity index is 893. The van der Waals surface area contributed by atoms with E-state index in [4.69, 9.17) is 4.74 Å². The molecule has 2 rings (SSSR count). The quantitative estimate of drug-likeness (QED) is 0.752. The number of hydrogen-bond acceptors (Lipinski definition) is 4. The first-order valence-corrected chi connectivity index (χ1v) is 10.3. The number of hydrogen-bond donors (Lipinski definition) is 1. The van der Waals surface area contributed by atoms with E-state index in [0.29, 0.717) is 17.9 Å². The zero-order chi connectivity index (χ0) is 20.0. The lowest BCUT2D eigenvalue weighted by molar-refractivity contribution is -0.116. The molecule has 7 heteroatoms. The van der Waals surface area contributed by atoms with Gasteiger partial charge in [-0.2, -0.15) is 0 Å². The van der Waals surface area contributed by atoms with Gasteiger partial charge in [0.1, 0.15) is 5.75 Å². The number of ether oxygens (including phenoxy) is 1. The van der Waals surface area contributed by atoms with Crippen LogP contribution in [0.3, 0.4) is 0 Å². The highest BCUT2D eigenvalue weighted by molar-refractivity contribution is 7.89. The molecule has 146 valence electrons. The van der Waals surface area contributed by atoms with Crippen LogP contribution in [0.2, 0.25) is 0 Å². The van der Waals surface area contributed by atoms with Crippen molar-refractivity contribution < 1.29 is 17.9 Å². The van der Waals surface area contributed by atoms with E-state index in [1.807, 2.05) is 19.9 Å². The number of anilines is 1. The number of amides is 1. The predicted molar refractivity (Wildman–Crippen MR) is 107 cm³/mol. The van der Waals surface area contributed by atoms with Crippen LogP contribution < -0.4 is 14.4 Å². The van der Waals surface area contributed by atoms with Gasteiger partial charge in [0, 0.05) is 25.7 Å². The molecule has 0 bridgehead atoms. The minimum absolute atomic E-state index is 0.114. The van der Waals surface area contributed by atoms with Gasteiger partial charge in [0.05, 0.1) is 11.5 Å². The molecule has 1 N–H and O–H groups in total. The van der Waals surface area contributed by atoms with Crippen molar-refractivity contribution in [3.05, 3.63) is 53.6 Å². The molecule has 0 aromatic heterocycles. The largest absolute Gasteiger partial charge is 0.494 e. The Kier molecular flexibility index (Phi) is 6.98. The number of nitrogens with zero attached hydrogens (tertiary/aromatic N) is 1. The molecule has 6 nitrogen and oxygen atoms in total. The van der Waals surface area contributed by atoms with Gasteiger partial charge in [-0.15, -0.1) is 0 Å². The highest BCUT2D eigenvalue weighted by Crippen LogP contribution is 2.20. The van der Waals surface area contributed by atoms with Gasteiger partial charge in [0.2, 0.25) is 15.9 Å². The summed E-state index contributed by atoms with van der Waals surface area (Å²) in [6.45, 7) is 7.87. The first-order valence-electron chi connectivity index (χ1n) is 8.82. The van der Waals surface area contributed by atoms with Crippen molar-refractivity contribution >= 4 is 21.6 Å². The zero-order valence-corrected chi connectivity index (χ0v) is 17.0. The van der Waals surface area contributed by atoms with Crippen molar-refractivity contribution in [1.29, 1.82) is 0 Å². The van der Waals surface area contributed by atoms with E-state index in [9.17, 15) is 13.2 Å². The second-order valence-corrected chi connectivity index (χ2v) is 8.00. The SMILES string of the molecule is CCOc1ccc(N(CCNS(=O)(=O)c2cc(C)ccc2C)C(C)=O)cc1. The molecular formula is C20H26N2O4S. The molecule has 0 saturated carbocycles. The molecule has 0 fully saturated rings. The van der Waals surface area contributed by atoms with Gasteiger partial charge in [-0.05, 0) is 62.2 Å². The number of aryl methyl sites for hydroxylation is 2. The van der Waals surface area contributed by atoms with E-state index < -0.39 is 10.0 Å². The summed E-state index contributed by atoms with van der Waals surface area (Å²) in [7, 11) is -3.64. The summed E-state index contributed by atoms with van der Waals surface area (Å²) in [5, 5.41) is 0. The van der Waals surface area contributed by atoms with E-state index in [-0.39, 0.29) is 23.9 Å². The third kappa shape index (κ3) is 5.55. The third-order valence-electron chi connectivity index (χ3n) is 4.10. The Morgan fingerprint density at radius 1 is 1.11 bits per heavy atom. The van der Waals surface area contributed by atoms with Crippen molar-refractivity contribution in [2.24, 2.45) is 0 Å². The van der Waals surface area contributed by atoms with Gasteiger partial charge >= 0.3 is 0 Å². The second kappa shape index (κ2) is 9.01. The third-order valence-corrected chi connectivity index (χ3v) is 5.70. The molecule has 2 aromatic carbocycles. The maximum Gasteiger partial charge on any atom is 0.240 e. The van der Waals surface area contributed by atoms with Gasteiger partial charge in [0.25, 0.3) is 0 Å². The number of rotatable bonds is 8. The van der Waals surface area contributed by atoms with Crippen molar-refractivity contribution in [3.63, 3.8) is 0 Å². The van der Waals surface area contributed by atoms with Crippen molar-refractivity contribution in [3.8, 4) is 5.75 Å². The summed E-state index contributed by atoms with van der Waals surface area (Å²) in [6, 6.07) is 12.4. The molecule has 2 aromatic rings. The maximum atomic E-state index is 12.6. The molecular weight excluding hydrogens is 364 g/mol. The summed E-state index contributed by atoms with van der Waals surface area (Å²) in [5.74, 6) is 0.561. The highest BCUT2D eigenvalue weighted by Gasteiger charge is 2.18. The monoisotopic (exact) mass is 390 g/mol. The summed E-state index contributed by atoms with van der Waals surface area (Å²) in [4.78, 5) is 13.8. The molecule has 1 amide bonds. The van der Waals surface area contributed by atoms with Gasteiger partial charge in [-0.3, -0.25) is 4.79 Å². The van der Waals surface area contributed by atoms with Gasteiger partial charge < -0.3 is 9.64 Å². The number of carbonyl (C=O) groups is 1. The summed E-state index contributed by atoms with van der Waals surface area (Å²) < 4.78 is 33.1. The van der Waals surface area contributed by atoms with E-state index in [1.165, 1.54) is 11.8 Å². The fourth-order valence-corrected chi connectivity index (χ4v) is 4.07. The molecule has 0 atom stereocenters. The molecule has 0 aliphatic carbocycles. The average Bonchev–Trinajstić information content (AvgIpc) is 2.61. The van der Waals surface area contributed by atoms with Crippen LogP contribution in [0.15, 0.2) is 47.4 Å². The van der Waals surface area contributed by atoms with Crippen molar-refractivity contribution in [2.75, 3.05) is 24.6 Å². The smallest absolute Gasteiger partial charge is 0.240 e. The van der Waals surface area contributed by atoms with Crippen LogP contribution in [-0.2, 0) is 14.8 Å². The normalized spacial score (nSPS) is 11.3. The Hall–Kier alpha value is -2.38. The average molecular weight is 391 g/mol. The first kappa shape index (κ1) is 20.9. The predicted octanol–water partition coefficient (Wildman–Crippen LogP) is 3.03. The van der Waals surface area contributed by atoms with E-state index in [1.54, 1.807) is 43.3 Å². The molecule has 0 spiro atoms. The Morgan fingerprint density at radius 3 is 2.37 bits per heavy atom. The molecule has 0 unspecified atom stereocenters. The summed E-state index contributed by atoms with van der Waals surface area (Å²) in [5.41, 5.74) is 2.25. The molecule has 27 heavy (non-hydrogen) atoms. The first-order chi connectivity index (χ1) is 12.7. The minimum Gasteiger partial charge on any atom is -0.494 e. The van der Waals surface area contributed by atoms with Gasteiger partial charge in [-0.1, -0.05) is 12.1 Å². The molecule has 0 saturated heterocycles. The molecule has 0 radical (unpaired) electrons. The fourth-order valence-electron chi connectivity index (χ4n) is 2.72. The van der Waals surface area contributed by atoms with Crippen LogP contribution in [-0.4, -0.2) is 34.0 Å². The van der Waals surface area contributed by atoms with Gasteiger partial charge in [-0.25, -0.2) is 13.1 Å². The Balaban J connectivity index is 2.08. The standard InChI is InChI=1S/C20H26N2O4S/c1-5-26-19-10-8-18(9-11-19)22(17(4)23)13-12-21-27(24,25)20-14-15(2)6-7-16(20)3/h6-11,14,21H,5,12-13H2,1-4H3. The molecule has 0 aliphatic heterocycles. The molecule has 0 aliphatic rings. The van der Waals surface area contributed by atoms with Crippen LogP contribution in [0.25, 0.3) is 0 Å². The minimum atomic E-state index is -3.64. The van der Waals surface area contributed by atoms with E-state index in [0.717, 1.165) is 11.3 Å². The lowest BCUT2D eigenvalue weighted by Gasteiger charge is -2.22. The van der Waals surface area contributed by atoms with Crippen LogP contribution in [0, 0.1) is 13.8 Å². The second-order valence-electron chi connectivity index (χ2n) is 6.26. The zero-order valence-electron chi connectivity index (χ0n) is 16.2. The van der Waals surface area contributed by atoms with Crippen molar-refractivity contribution in [1.82, 2.24) is 4.72 Å². The van der Waals surface area contributed by atoms with Crippen LogP contribution in [0.1, 0.15) is 25.0 Å². The highest BCUT2D eigenvalue weighted by atomic mass is 32.2. The van der Waals surface area contributed by atoms with Crippen molar-refractivity contribution in [2.45, 2.75) is 32.6 Å². The number of sulfonamides is 1. The lowest BCUT2D eigenvalue weighted by atomic mass is 10.2. The fraction of sp³-hybridized carbons (Fsp3) is 0.350. The summed E-state index contributed by atoms with van der Waals surface area (Å²) in [6.07, 6.45) is 0. The van der Waals surface area contributed by atoms with Crippen LogP contribution in [0.5, 0.6) is 5.75 Å². The Labute approximate surface area is 161 Å². The van der Waals surface area contributed by atoms with Crippen LogP contribution >= 0.6 is 0 Å². The van der Waals surface area contributed by atoms with Gasteiger partial charge in [0.15, 0.2) is 0 Å². The maximum absolute atomic E-state index is 12.6. The lowest BCUT2D eigenvalue weighted by Crippen LogP contribution is -2.37. The number of benzene rings is 2. The van der Waals surface area contributed by atoms with Crippen LogP contribution in [0.4, 0.5) is 5.69 Å². The van der Waals surface area contributed by atoms with E-state index >= 15 is 0 Å². The number of carbonyl (C=O) groups excluding carboxylic acids is 1. The summed E-state index contributed by atoms with van der Waals surface area (Å²) >= 11 is 0. The molecule has 0 heterocycles.